The van der Waals surface area contributed by atoms with Crippen molar-refractivity contribution in [3.8, 4) is 5.88 Å². The molecule has 1 aromatic carbocycles. The summed E-state index contributed by atoms with van der Waals surface area (Å²) in [7, 11) is 0. The number of hydrogen-bond acceptors (Lipinski definition) is 4. The summed E-state index contributed by atoms with van der Waals surface area (Å²) in [5.74, 6) is 1.42. The van der Waals surface area contributed by atoms with Crippen LogP contribution in [0.25, 0.3) is 0 Å². The average Bonchev–Trinajstić information content (AvgIpc) is 2.97. The molecule has 1 aromatic heterocycles. The number of aryl methyl sites for hydroxylation is 1. The van der Waals surface area contributed by atoms with Crippen molar-refractivity contribution in [2.45, 2.75) is 25.9 Å². The third-order valence-electron chi connectivity index (χ3n) is 3.73. The van der Waals surface area contributed by atoms with Crippen LogP contribution in [0, 0.1) is 6.92 Å². The second-order valence-electron chi connectivity index (χ2n) is 5.47. The summed E-state index contributed by atoms with van der Waals surface area (Å²) < 4.78 is 5.84. The van der Waals surface area contributed by atoms with Crippen LogP contribution in [-0.4, -0.2) is 40.0 Å². The molecule has 2 aromatic rings. The van der Waals surface area contributed by atoms with Gasteiger partial charge < -0.3 is 9.64 Å². The molecule has 5 heteroatoms. The summed E-state index contributed by atoms with van der Waals surface area (Å²) in [6.45, 7) is 3.19. The van der Waals surface area contributed by atoms with Crippen molar-refractivity contribution in [1.29, 1.82) is 0 Å². The molecular formula is C17H19N3O2. The standard InChI is InChI=1S/C17H19N3O2/c1-13-18-9-7-16(19-13)22-15-8-10-20(12-15)17(21)11-14-5-3-2-4-6-14/h2-7,9,15H,8,10-12H2,1H3/t15-/m1/s1. The Bertz CT molecular complexity index is 645. The van der Waals surface area contributed by atoms with E-state index in [1.807, 2.05) is 42.2 Å². The lowest BCUT2D eigenvalue weighted by Crippen LogP contribution is -2.32. The molecule has 1 fully saturated rings. The molecule has 0 spiro atoms. The molecule has 0 bridgehead atoms. The van der Waals surface area contributed by atoms with Gasteiger partial charge in [0.05, 0.1) is 13.0 Å². The van der Waals surface area contributed by atoms with Crippen LogP contribution >= 0.6 is 0 Å². The first-order valence-electron chi connectivity index (χ1n) is 7.49. The molecule has 1 aliphatic rings. The van der Waals surface area contributed by atoms with E-state index in [1.54, 1.807) is 12.3 Å². The van der Waals surface area contributed by atoms with Gasteiger partial charge in [0, 0.05) is 25.2 Å². The molecule has 1 amide bonds. The van der Waals surface area contributed by atoms with E-state index in [0.717, 1.165) is 18.5 Å². The summed E-state index contributed by atoms with van der Waals surface area (Å²) in [6.07, 6.45) is 2.98. The van der Waals surface area contributed by atoms with Crippen LogP contribution in [-0.2, 0) is 11.2 Å². The monoisotopic (exact) mass is 297 g/mol. The molecule has 1 atom stereocenters. The Labute approximate surface area is 130 Å². The van der Waals surface area contributed by atoms with Gasteiger partial charge in [-0.15, -0.1) is 0 Å². The van der Waals surface area contributed by atoms with Crippen molar-refractivity contribution < 1.29 is 9.53 Å². The fourth-order valence-corrected chi connectivity index (χ4v) is 2.60. The molecule has 2 heterocycles. The molecule has 5 nitrogen and oxygen atoms in total. The van der Waals surface area contributed by atoms with Gasteiger partial charge in [-0.05, 0) is 12.5 Å². The van der Waals surface area contributed by atoms with Crippen molar-refractivity contribution in [3.63, 3.8) is 0 Å². The predicted octanol–water partition coefficient (Wildman–Crippen LogP) is 2.01. The van der Waals surface area contributed by atoms with Crippen LogP contribution in [0.15, 0.2) is 42.6 Å². The number of likely N-dealkylation sites (tertiary alicyclic amines) is 1. The minimum absolute atomic E-state index is 0.00835. The van der Waals surface area contributed by atoms with Gasteiger partial charge in [-0.1, -0.05) is 30.3 Å². The highest BCUT2D eigenvalue weighted by Crippen LogP contribution is 2.17. The number of benzene rings is 1. The van der Waals surface area contributed by atoms with Gasteiger partial charge >= 0.3 is 0 Å². The minimum atomic E-state index is 0.00835. The van der Waals surface area contributed by atoms with E-state index >= 15 is 0 Å². The smallest absolute Gasteiger partial charge is 0.227 e. The van der Waals surface area contributed by atoms with Crippen LogP contribution < -0.4 is 4.74 Å². The van der Waals surface area contributed by atoms with E-state index in [-0.39, 0.29) is 12.0 Å². The summed E-state index contributed by atoms with van der Waals surface area (Å²) in [5.41, 5.74) is 1.04. The quantitative estimate of drug-likeness (QED) is 0.866. The highest BCUT2D eigenvalue weighted by Gasteiger charge is 2.27. The zero-order valence-corrected chi connectivity index (χ0v) is 12.6. The molecule has 22 heavy (non-hydrogen) atoms. The number of nitrogens with zero attached hydrogens (tertiary/aromatic N) is 3. The molecule has 0 radical (unpaired) electrons. The number of hydrogen-bond donors (Lipinski definition) is 0. The Morgan fingerprint density at radius 2 is 2.14 bits per heavy atom. The lowest BCUT2D eigenvalue weighted by atomic mass is 10.1. The Kier molecular flexibility index (Phi) is 4.32. The van der Waals surface area contributed by atoms with Crippen molar-refractivity contribution in [2.24, 2.45) is 0 Å². The van der Waals surface area contributed by atoms with Crippen molar-refractivity contribution in [3.05, 3.63) is 54.0 Å². The van der Waals surface area contributed by atoms with Gasteiger partial charge in [-0.3, -0.25) is 4.79 Å². The van der Waals surface area contributed by atoms with Crippen LogP contribution in [0.3, 0.4) is 0 Å². The van der Waals surface area contributed by atoms with E-state index in [4.69, 9.17) is 4.74 Å². The maximum Gasteiger partial charge on any atom is 0.227 e. The Balaban J connectivity index is 1.54. The Morgan fingerprint density at radius 1 is 1.32 bits per heavy atom. The van der Waals surface area contributed by atoms with Gasteiger partial charge in [0.15, 0.2) is 0 Å². The topological polar surface area (TPSA) is 55.3 Å². The van der Waals surface area contributed by atoms with Crippen LogP contribution in [0.1, 0.15) is 17.8 Å². The predicted molar refractivity (Wildman–Crippen MR) is 82.5 cm³/mol. The van der Waals surface area contributed by atoms with Crippen LogP contribution in [0.5, 0.6) is 5.88 Å². The molecule has 3 rings (SSSR count). The van der Waals surface area contributed by atoms with Crippen molar-refractivity contribution in [2.75, 3.05) is 13.1 Å². The lowest BCUT2D eigenvalue weighted by molar-refractivity contribution is -0.129. The van der Waals surface area contributed by atoms with Crippen molar-refractivity contribution in [1.82, 2.24) is 14.9 Å². The number of ether oxygens (including phenoxy) is 1. The summed E-state index contributed by atoms with van der Waals surface area (Å²) in [6, 6.07) is 11.6. The lowest BCUT2D eigenvalue weighted by Gasteiger charge is -2.17. The largest absolute Gasteiger partial charge is 0.472 e. The van der Waals surface area contributed by atoms with E-state index in [1.165, 1.54) is 0 Å². The SMILES string of the molecule is Cc1nccc(O[C@@H]2CCN(C(=O)Cc3ccccc3)C2)n1. The average molecular weight is 297 g/mol. The molecular weight excluding hydrogens is 278 g/mol. The second-order valence-corrected chi connectivity index (χ2v) is 5.47. The van der Waals surface area contributed by atoms with Gasteiger partial charge in [-0.2, -0.15) is 4.98 Å². The molecule has 0 aliphatic carbocycles. The number of rotatable bonds is 4. The molecule has 114 valence electrons. The highest BCUT2D eigenvalue weighted by atomic mass is 16.5. The Hall–Kier alpha value is -2.43. The van der Waals surface area contributed by atoms with Gasteiger partial charge in [-0.25, -0.2) is 4.98 Å². The number of amides is 1. The highest BCUT2D eigenvalue weighted by molar-refractivity contribution is 5.79. The third kappa shape index (κ3) is 3.61. The number of carbonyl (C=O) groups is 1. The summed E-state index contributed by atoms with van der Waals surface area (Å²) >= 11 is 0. The first kappa shape index (κ1) is 14.5. The fraction of sp³-hybridized carbons (Fsp3) is 0.353. The number of carbonyl (C=O) groups excluding carboxylic acids is 1. The molecule has 1 aliphatic heterocycles. The van der Waals surface area contributed by atoms with Gasteiger partial charge in [0.1, 0.15) is 11.9 Å². The van der Waals surface area contributed by atoms with E-state index in [0.29, 0.717) is 24.7 Å². The summed E-state index contributed by atoms with van der Waals surface area (Å²) in [4.78, 5) is 22.5. The van der Waals surface area contributed by atoms with Gasteiger partial charge in [0.2, 0.25) is 11.8 Å². The van der Waals surface area contributed by atoms with E-state index in [2.05, 4.69) is 9.97 Å². The minimum Gasteiger partial charge on any atom is -0.472 e. The molecule has 0 saturated carbocycles. The second kappa shape index (κ2) is 6.56. The molecule has 0 unspecified atom stereocenters. The normalized spacial score (nSPS) is 17.5. The maximum atomic E-state index is 12.3. The maximum absolute atomic E-state index is 12.3. The van der Waals surface area contributed by atoms with Crippen molar-refractivity contribution >= 4 is 5.91 Å². The van der Waals surface area contributed by atoms with Gasteiger partial charge in [0.25, 0.3) is 0 Å². The first-order valence-corrected chi connectivity index (χ1v) is 7.49. The van der Waals surface area contributed by atoms with Crippen LogP contribution in [0.4, 0.5) is 0 Å². The molecule has 1 saturated heterocycles. The third-order valence-corrected chi connectivity index (χ3v) is 3.73. The van der Waals surface area contributed by atoms with E-state index < -0.39 is 0 Å². The summed E-state index contributed by atoms with van der Waals surface area (Å²) in [5, 5.41) is 0. The first-order chi connectivity index (χ1) is 10.7. The van der Waals surface area contributed by atoms with Crippen LogP contribution in [0.2, 0.25) is 0 Å². The van der Waals surface area contributed by atoms with E-state index in [9.17, 15) is 4.79 Å². The molecule has 0 N–H and O–H groups in total. The Morgan fingerprint density at radius 3 is 2.91 bits per heavy atom. The zero-order chi connectivity index (χ0) is 15.4. The zero-order valence-electron chi connectivity index (χ0n) is 12.6. The number of aromatic nitrogens is 2. The fourth-order valence-electron chi connectivity index (χ4n) is 2.60.